The van der Waals surface area contributed by atoms with Gasteiger partial charge in [0.1, 0.15) is 6.33 Å². The standard InChI is InChI=1S/C19H19ClN6O4/c1-28-14-8-13(9-15(29-2)16(14)30-3)23-17-21-10-22-18(25-17)26-19(27)24-12-6-4-11(20)5-7-12/h4-10H,1-3H3,(H3,21,22,23,24,25,26,27). The summed E-state index contributed by atoms with van der Waals surface area (Å²) in [6, 6.07) is 9.57. The fourth-order valence-corrected chi connectivity index (χ4v) is 2.62. The number of nitrogens with zero attached hydrogens (tertiary/aromatic N) is 3. The number of amides is 2. The first-order valence-electron chi connectivity index (χ1n) is 8.62. The highest BCUT2D eigenvalue weighted by Crippen LogP contribution is 2.40. The number of hydrogen-bond acceptors (Lipinski definition) is 8. The van der Waals surface area contributed by atoms with Gasteiger partial charge in [0, 0.05) is 28.5 Å². The number of nitrogens with one attached hydrogen (secondary N) is 3. The molecule has 0 atom stereocenters. The second-order valence-electron chi connectivity index (χ2n) is 5.76. The van der Waals surface area contributed by atoms with Gasteiger partial charge in [-0.3, -0.25) is 5.32 Å². The zero-order chi connectivity index (χ0) is 21.5. The Morgan fingerprint density at radius 2 is 1.50 bits per heavy atom. The summed E-state index contributed by atoms with van der Waals surface area (Å²) >= 11 is 5.83. The summed E-state index contributed by atoms with van der Waals surface area (Å²) in [6.07, 6.45) is 1.27. The van der Waals surface area contributed by atoms with E-state index < -0.39 is 6.03 Å². The molecule has 30 heavy (non-hydrogen) atoms. The molecule has 1 heterocycles. The average molecular weight is 431 g/mol. The molecule has 0 radical (unpaired) electrons. The van der Waals surface area contributed by atoms with Crippen molar-refractivity contribution in [1.29, 1.82) is 0 Å². The van der Waals surface area contributed by atoms with Gasteiger partial charge in [0.15, 0.2) is 11.5 Å². The van der Waals surface area contributed by atoms with Crippen molar-refractivity contribution < 1.29 is 19.0 Å². The lowest BCUT2D eigenvalue weighted by Crippen LogP contribution is -2.21. The molecule has 0 unspecified atom stereocenters. The predicted molar refractivity (Wildman–Crippen MR) is 113 cm³/mol. The van der Waals surface area contributed by atoms with Crippen LogP contribution >= 0.6 is 11.6 Å². The van der Waals surface area contributed by atoms with Crippen LogP contribution in [0.2, 0.25) is 5.02 Å². The number of carbonyl (C=O) groups is 1. The number of ether oxygens (including phenoxy) is 3. The molecule has 0 fully saturated rings. The Hall–Kier alpha value is -3.79. The minimum Gasteiger partial charge on any atom is -0.493 e. The highest BCUT2D eigenvalue weighted by molar-refractivity contribution is 6.30. The van der Waals surface area contributed by atoms with Crippen LogP contribution in [0.25, 0.3) is 0 Å². The summed E-state index contributed by atoms with van der Waals surface area (Å²) < 4.78 is 16.0. The number of benzene rings is 2. The molecular weight excluding hydrogens is 412 g/mol. The van der Waals surface area contributed by atoms with Crippen LogP contribution in [0.4, 0.5) is 28.1 Å². The molecule has 3 aromatic rings. The van der Waals surface area contributed by atoms with Crippen LogP contribution < -0.4 is 30.2 Å². The summed E-state index contributed by atoms with van der Waals surface area (Å²) in [4.78, 5) is 24.3. The smallest absolute Gasteiger partial charge is 0.326 e. The van der Waals surface area contributed by atoms with Gasteiger partial charge in [-0.05, 0) is 24.3 Å². The van der Waals surface area contributed by atoms with Crippen molar-refractivity contribution in [2.45, 2.75) is 0 Å². The molecule has 0 bridgehead atoms. The Labute approximate surface area is 177 Å². The maximum Gasteiger partial charge on any atom is 0.326 e. The normalized spacial score (nSPS) is 10.1. The maximum atomic E-state index is 12.2. The third-order valence-electron chi connectivity index (χ3n) is 3.82. The number of halogens is 1. The van der Waals surface area contributed by atoms with Gasteiger partial charge in [-0.1, -0.05) is 11.6 Å². The molecule has 0 spiro atoms. The van der Waals surface area contributed by atoms with Crippen LogP contribution in [0.5, 0.6) is 17.2 Å². The molecule has 1 aromatic heterocycles. The van der Waals surface area contributed by atoms with E-state index in [0.717, 1.165) is 0 Å². The second-order valence-corrected chi connectivity index (χ2v) is 6.19. The first-order valence-corrected chi connectivity index (χ1v) is 9.00. The molecule has 0 aliphatic rings. The van der Waals surface area contributed by atoms with Crippen molar-refractivity contribution in [3.8, 4) is 17.2 Å². The van der Waals surface area contributed by atoms with Gasteiger partial charge in [-0.2, -0.15) is 4.98 Å². The second kappa shape index (κ2) is 9.61. The van der Waals surface area contributed by atoms with Crippen LogP contribution in [0.15, 0.2) is 42.7 Å². The lowest BCUT2D eigenvalue weighted by atomic mass is 10.2. The van der Waals surface area contributed by atoms with Crippen molar-refractivity contribution in [2.75, 3.05) is 37.3 Å². The number of urea groups is 1. The van der Waals surface area contributed by atoms with Gasteiger partial charge in [0.2, 0.25) is 17.6 Å². The molecule has 3 rings (SSSR count). The van der Waals surface area contributed by atoms with E-state index in [2.05, 4.69) is 30.9 Å². The third-order valence-corrected chi connectivity index (χ3v) is 4.07. The summed E-state index contributed by atoms with van der Waals surface area (Å²) in [6.45, 7) is 0. The molecule has 10 nitrogen and oxygen atoms in total. The third kappa shape index (κ3) is 5.17. The lowest BCUT2D eigenvalue weighted by molar-refractivity contribution is 0.262. The Morgan fingerprint density at radius 1 is 0.867 bits per heavy atom. The fourth-order valence-electron chi connectivity index (χ4n) is 2.50. The Bertz CT molecular complexity index is 1010. The summed E-state index contributed by atoms with van der Waals surface area (Å²) in [7, 11) is 4.56. The van der Waals surface area contributed by atoms with Gasteiger partial charge in [0.05, 0.1) is 21.3 Å². The molecule has 3 N–H and O–H groups in total. The van der Waals surface area contributed by atoms with Crippen LogP contribution in [-0.4, -0.2) is 42.3 Å². The molecule has 0 saturated carbocycles. The lowest BCUT2D eigenvalue weighted by Gasteiger charge is -2.14. The summed E-state index contributed by atoms with van der Waals surface area (Å²) in [5.74, 6) is 1.66. The summed E-state index contributed by atoms with van der Waals surface area (Å²) in [5, 5.41) is 8.77. The molecular formula is C19H19ClN6O4. The zero-order valence-corrected chi connectivity index (χ0v) is 17.1. The van der Waals surface area contributed by atoms with Gasteiger partial charge in [-0.15, -0.1) is 0 Å². The van der Waals surface area contributed by atoms with Crippen LogP contribution in [-0.2, 0) is 0 Å². The number of rotatable bonds is 7. The number of methoxy groups -OCH3 is 3. The first kappa shape index (κ1) is 20.9. The Balaban J connectivity index is 1.72. The van der Waals surface area contributed by atoms with E-state index in [-0.39, 0.29) is 11.9 Å². The minimum absolute atomic E-state index is 0.0615. The minimum atomic E-state index is -0.512. The average Bonchev–Trinajstić information content (AvgIpc) is 2.74. The molecule has 0 saturated heterocycles. The molecule has 0 aliphatic heterocycles. The van der Waals surface area contributed by atoms with E-state index in [1.807, 2.05) is 0 Å². The van der Waals surface area contributed by atoms with Crippen LogP contribution in [0.1, 0.15) is 0 Å². The van der Waals surface area contributed by atoms with E-state index in [1.54, 1.807) is 36.4 Å². The Morgan fingerprint density at radius 3 is 2.10 bits per heavy atom. The maximum absolute atomic E-state index is 12.2. The van der Waals surface area contributed by atoms with Crippen LogP contribution in [0.3, 0.4) is 0 Å². The summed E-state index contributed by atoms with van der Waals surface area (Å²) in [5.41, 5.74) is 1.16. The highest BCUT2D eigenvalue weighted by Gasteiger charge is 2.14. The first-order chi connectivity index (χ1) is 14.5. The number of anilines is 4. The molecule has 156 valence electrons. The van der Waals surface area contributed by atoms with Crippen molar-refractivity contribution in [3.05, 3.63) is 47.7 Å². The van der Waals surface area contributed by atoms with Gasteiger partial charge in [-0.25, -0.2) is 14.8 Å². The number of aromatic nitrogens is 3. The van der Waals surface area contributed by atoms with Crippen LogP contribution in [0, 0.1) is 0 Å². The van der Waals surface area contributed by atoms with E-state index in [9.17, 15) is 4.79 Å². The fraction of sp³-hybridized carbons (Fsp3) is 0.158. The van der Waals surface area contributed by atoms with E-state index in [4.69, 9.17) is 25.8 Å². The van der Waals surface area contributed by atoms with Gasteiger partial charge < -0.3 is 24.8 Å². The monoisotopic (exact) mass is 430 g/mol. The van der Waals surface area contributed by atoms with Crippen molar-refractivity contribution in [3.63, 3.8) is 0 Å². The molecule has 11 heteroatoms. The van der Waals surface area contributed by atoms with Crippen molar-refractivity contribution >= 4 is 40.9 Å². The molecule has 2 amide bonds. The quantitative estimate of drug-likeness (QED) is 0.515. The molecule has 0 aliphatic carbocycles. The SMILES string of the molecule is COc1cc(Nc2ncnc(NC(=O)Nc3ccc(Cl)cc3)n2)cc(OC)c1OC. The topological polar surface area (TPSA) is 120 Å². The van der Waals surface area contributed by atoms with Gasteiger partial charge in [0.25, 0.3) is 0 Å². The van der Waals surface area contributed by atoms with Crippen molar-refractivity contribution in [2.24, 2.45) is 0 Å². The van der Waals surface area contributed by atoms with Gasteiger partial charge >= 0.3 is 6.03 Å². The largest absolute Gasteiger partial charge is 0.493 e. The molecule has 2 aromatic carbocycles. The zero-order valence-electron chi connectivity index (χ0n) is 16.4. The van der Waals surface area contributed by atoms with E-state index in [1.165, 1.54) is 27.7 Å². The van der Waals surface area contributed by atoms with E-state index in [0.29, 0.717) is 33.6 Å². The van der Waals surface area contributed by atoms with E-state index >= 15 is 0 Å². The highest BCUT2D eigenvalue weighted by atomic mass is 35.5. The van der Waals surface area contributed by atoms with Crippen molar-refractivity contribution in [1.82, 2.24) is 15.0 Å². The predicted octanol–water partition coefficient (Wildman–Crippen LogP) is 3.94. The number of carbonyl (C=O) groups excluding carboxylic acids is 1. The Kier molecular flexibility index (Phi) is 6.71. The number of hydrogen-bond donors (Lipinski definition) is 3.